The van der Waals surface area contributed by atoms with Crippen LogP contribution < -0.4 is 16.0 Å². The number of hydrogen-bond acceptors (Lipinski definition) is 4. The molecule has 1 unspecified atom stereocenters. The Morgan fingerprint density at radius 1 is 0.723 bits per heavy atom. The predicted octanol–water partition coefficient (Wildman–Crippen LogP) is 9.49. The third-order valence-corrected chi connectivity index (χ3v) is 9.31. The summed E-state index contributed by atoms with van der Waals surface area (Å²) >= 11 is 14.0. The zero-order valence-electron chi connectivity index (χ0n) is 25.6. The molecule has 5 aromatic carbocycles. The summed E-state index contributed by atoms with van der Waals surface area (Å²) in [5.74, 6) is -1.20. The first kappa shape index (κ1) is 33.5. The normalized spacial score (nSPS) is 11.8. The van der Waals surface area contributed by atoms with E-state index in [0.717, 1.165) is 27.3 Å². The minimum atomic E-state index is -0.577. The summed E-state index contributed by atoms with van der Waals surface area (Å²) in [5, 5.41) is 8.70. The molecule has 1 atom stereocenters. The highest BCUT2D eigenvalue weighted by molar-refractivity contribution is 8.00. The second-order valence-electron chi connectivity index (χ2n) is 10.7. The first-order valence-corrected chi connectivity index (χ1v) is 16.4. The number of amides is 3. The average molecular weight is 681 g/mol. The van der Waals surface area contributed by atoms with Crippen molar-refractivity contribution in [1.29, 1.82) is 0 Å². The van der Waals surface area contributed by atoms with Gasteiger partial charge in [-0.2, -0.15) is 0 Å². The third-order valence-electron chi connectivity index (χ3n) is 7.23. The molecule has 0 aliphatic carbocycles. The van der Waals surface area contributed by atoms with Crippen molar-refractivity contribution in [2.24, 2.45) is 0 Å². The van der Waals surface area contributed by atoms with Gasteiger partial charge < -0.3 is 16.0 Å². The number of thioether (sulfide) groups is 1. The molecule has 0 heterocycles. The van der Waals surface area contributed by atoms with Crippen LogP contribution in [0.4, 0.5) is 11.4 Å². The lowest BCUT2D eigenvalue weighted by atomic mass is 10.1. The minimum Gasteiger partial charge on any atom is -0.324 e. The van der Waals surface area contributed by atoms with Crippen LogP contribution in [0.25, 0.3) is 6.08 Å². The van der Waals surface area contributed by atoms with Crippen molar-refractivity contribution in [3.8, 4) is 0 Å². The van der Waals surface area contributed by atoms with E-state index in [0.29, 0.717) is 21.8 Å². The number of para-hydroxylation sites is 1. The van der Waals surface area contributed by atoms with E-state index in [1.165, 1.54) is 17.8 Å². The van der Waals surface area contributed by atoms with E-state index in [1.807, 2.05) is 68.4 Å². The maximum Gasteiger partial charge on any atom is 0.272 e. The molecule has 9 heteroatoms. The molecular weight excluding hydrogens is 649 g/mol. The minimum absolute atomic E-state index is 0.0313. The van der Waals surface area contributed by atoms with Crippen LogP contribution in [0.2, 0.25) is 10.0 Å². The Kier molecular flexibility index (Phi) is 11.2. The van der Waals surface area contributed by atoms with Gasteiger partial charge in [-0.3, -0.25) is 14.4 Å². The number of nitrogens with one attached hydrogen (secondary N) is 3. The highest BCUT2D eigenvalue weighted by atomic mass is 35.5. The number of aryl methyl sites for hydroxylation is 2. The summed E-state index contributed by atoms with van der Waals surface area (Å²) in [6, 6.07) is 36.2. The van der Waals surface area contributed by atoms with Crippen LogP contribution in [0.1, 0.15) is 37.9 Å². The zero-order chi connectivity index (χ0) is 33.3. The monoisotopic (exact) mass is 679 g/mol. The lowest BCUT2D eigenvalue weighted by Gasteiger charge is -2.19. The van der Waals surface area contributed by atoms with Crippen molar-refractivity contribution in [3.05, 3.63) is 165 Å². The smallest absolute Gasteiger partial charge is 0.272 e. The van der Waals surface area contributed by atoms with Gasteiger partial charge in [0.25, 0.3) is 11.8 Å². The fourth-order valence-electron chi connectivity index (χ4n) is 4.81. The maximum atomic E-state index is 13.7. The van der Waals surface area contributed by atoms with Gasteiger partial charge in [0.05, 0.1) is 10.0 Å². The number of rotatable bonds is 10. The first-order chi connectivity index (χ1) is 22.7. The second-order valence-corrected chi connectivity index (χ2v) is 12.6. The van der Waals surface area contributed by atoms with Crippen molar-refractivity contribution in [2.75, 3.05) is 10.6 Å². The Bertz CT molecular complexity index is 1930. The molecule has 0 saturated carbocycles. The van der Waals surface area contributed by atoms with E-state index in [1.54, 1.807) is 66.7 Å². The van der Waals surface area contributed by atoms with Crippen LogP contribution in [0.3, 0.4) is 0 Å². The van der Waals surface area contributed by atoms with E-state index >= 15 is 0 Å². The largest absolute Gasteiger partial charge is 0.324 e. The Hall–Kier alpha value is -4.82. The summed E-state index contributed by atoms with van der Waals surface area (Å²) in [6.45, 7) is 3.93. The van der Waals surface area contributed by atoms with Crippen molar-refractivity contribution in [1.82, 2.24) is 5.32 Å². The van der Waals surface area contributed by atoms with Crippen LogP contribution in [0.5, 0.6) is 0 Å². The number of halogens is 2. The van der Waals surface area contributed by atoms with Gasteiger partial charge in [-0.05, 0) is 78.6 Å². The first-order valence-electron chi connectivity index (χ1n) is 14.7. The fraction of sp³-hybridized carbons (Fsp3) is 0.0789. The Morgan fingerprint density at radius 3 is 2.06 bits per heavy atom. The fourth-order valence-corrected chi connectivity index (χ4v) is 6.26. The quantitative estimate of drug-likeness (QED) is 0.101. The molecule has 0 aliphatic rings. The summed E-state index contributed by atoms with van der Waals surface area (Å²) in [6.07, 6.45) is 1.48. The standard InChI is InChI=1S/C38H31Cl2N3O3S/c1-24-12-9-13-25(2)34(24)43-38(46)35(26-14-5-3-6-15-26)47-30-20-11-19-29(23-30)41-37(45)32(22-28-18-10-21-31(39)33(28)40)42-36(44)27-16-7-4-8-17-27/h3-23,35H,1-2H3,(H,41,45)(H,42,44)(H,43,46)/b32-22+. The van der Waals surface area contributed by atoms with E-state index in [2.05, 4.69) is 16.0 Å². The highest BCUT2D eigenvalue weighted by Crippen LogP contribution is 2.38. The predicted molar refractivity (Wildman–Crippen MR) is 193 cm³/mol. The molecule has 6 nitrogen and oxygen atoms in total. The third kappa shape index (κ3) is 8.71. The summed E-state index contributed by atoms with van der Waals surface area (Å²) in [5.41, 5.74) is 4.86. The van der Waals surface area contributed by atoms with Gasteiger partial charge in [0.15, 0.2) is 0 Å². The molecule has 3 N–H and O–H groups in total. The van der Waals surface area contributed by atoms with Crippen LogP contribution in [0.15, 0.2) is 132 Å². The molecular formula is C38H31Cl2N3O3S. The Morgan fingerprint density at radius 2 is 1.36 bits per heavy atom. The second kappa shape index (κ2) is 15.6. The van der Waals surface area contributed by atoms with Crippen LogP contribution in [0, 0.1) is 13.8 Å². The van der Waals surface area contributed by atoms with Gasteiger partial charge in [0.1, 0.15) is 10.9 Å². The highest BCUT2D eigenvalue weighted by Gasteiger charge is 2.24. The van der Waals surface area contributed by atoms with Crippen molar-refractivity contribution in [3.63, 3.8) is 0 Å². The van der Waals surface area contributed by atoms with Crippen LogP contribution in [-0.2, 0) is 9.59 Å². The van der Waals surface area contributed by atoms with E-state index < -0.39 is 17.1 Å². The van der Waals surface area contributed by atoms with E-state index in [9.17, 15) is 14.4 Å². The summed E-state index contributed by atoms with van der Waals surface area (Å²) in [7, 11) is 0. The zero-order valence-corrected chi connectivity index (χ0v) is 27.9. The van der Waals surface area contributed by atoms with Gasteiger partial charge in [-0.25, -0.2) is 0 Å². The van der Waals surface area contributed by atoms with Gasteiger partial charge in [-0.1, -0.05) is 108 Å². The number of anilines is 2. The lowest BCUT2D eigenvalue weighted by molar-refractivity contribution is -0.116. The van der Waals surface area contributed by atoms with Gasteiger partial charge in [0, 0.05) is 21.8 Å². The SMILES string of the molecule is Cc1cccc(C)c1NC(=O)C(Sc1cccc(NC(=O)/C(=C\c2cccc(Cl)c2Cl)NC(=O)c2ccccc2)c1)c1ccccc1. The van der Waals surface area contributed by atoms with Crippen LogP contribution >= 0.6 is 35.0 Å². The van der Waals surface area contributed by atoms with Crippen molar-refractivity contribution >= 4 is 70.1 Å². The van der Waals surface area contributed by atoms with Crippen molar-refractivity contribution in [2.45, 2.75) is 24.0 Å². The number of benzene rings is 5. The Balaban J connectivity index is 1.41. The van der Waals surface area contributed by atoms with Gasteiger partial charge in [0.2, 0.25) is 5.91 Å². The molecule has 236 valence electrons. The molecule has 0 saturated heterocycles. The molecule has 5 rings (SSSR count). The molecule has 0 spiro atoms. The molecule has 5 aromatic rings. The molecule has 0 fully saturated rings. The molecule has 0 aliphatic heterocycles. The molecule has 0 bridgehead atoms. The maximum absolute atomic E-state index is 13.7. The summed E-state index contributed by atoms with van der Waals surface area (Å²) in [4.78, 5) is 41.2. The average Bonchev–Trinajstić information content (AvgIpc) is 3.08. The number of carbonyl (C=O) groups excluding carboxylic acids is 3. The number of hydrogen-bond donors (Lipinski definition) is 3. The lowest BCUT2D eigenvalue weighted by Crippen LogP contribution is -2.30. The summed E-state index contributed by atoms with van der Waals surface area (Å²) < 4.78 is 0. The van der Waals surface area contributed by atoms with E-state index in [-0.39, 0.29) is 16.6 Å². The number of carbonyl (C=O) groups is 3. The van der Waals surface area contributed by atoms with Crippen molar-refractivity contribution < 1.29 is 14.4 Å². The molecule has 0 aromatic heterocycles. The van der Waals surface area contributed by atoms with Gasteiger partial charge >= 0.3 is 0 Å². The molecule has 0 radical (unpaired) electrons. The van der Waals surface area contributed by atoms with Crippen LogP contribution in [-0.4, -0.2) is 17.7 Å². The molecule has 47 heavy (non-hydrogen) atoms. The Labute approximate surface area is 288 Å². The van der Waals surface area contributed by atoms with E-state index in [4.69, 9.17) is 23.2 Å². The van der Waals surface area contributed by atoms with Gasteiger partial charge in [-0.15, -0.1) is 11.8 Å². The molecule has 3 amide bonds. The topological polar surface area (TPSA) is 87.3 Å².